The second-order valence-corrected chi connectivity index (χ2v) is 7.57. The molecule has 0 aliphatic carbocycles. The molecule has 0 radical (unpaired) electrons. The number of aryl methyl sites for hydroxylation is 2. The monoisotopic (exact) mass is 411 g/mol. The van der Waals surface area contributed by atoms with Crippen LogP contribution in [0.1, 0.15) is 35.2 Å². The van der Waals surface area contributed by atoms with E-state index in [0.717, 1.165) is 17.7 Å². The molecular weight excluding hydrogens is 390 g/mol. The zero-order chi connectivity index (χ0) is 20.2. The number of carbonyl (C=O) groups excluding carboxylic acids is 1. The van der Waals surface area contributed by atoms with Crippen LogP contribution in [0.5, 0.6) is 5.75 Å². The van der Waals surface area contributed by atoms with Crippen LogP contribution in [0, 0.1) is 0 Å². The van der Waals surface area contributed by atoms with Crippen molar-refractivity contribution in [1.82, 2.24) is 15.0 Å². The topological polar surface area (TPSA) is 68.5 Å². The highest BCUT2D eigenvalue weighted by atomic mass is 35.5. The number of ether oxygens (including phenoxy) is 1. The molecule has 1 aliphatic rings. The van der Waals surface area contributed by atoms with Crippen molar-refractivity contribution in [2.75, 3.05) is 13.7 Å². The first kappa shape index (κ1) is 19.5. The molecule has 29 heavy (non-hydrogen) atoms. The molecule has 0 saturated carbocycles. The Balaban J connectivity index is 1.35. The number of rotatable bonds is 7. The van der Waals surface area contributed by atoms with Gasteiger partial charge in [0, 0.05) is 36.9 Å². The van der Waals surface area contributed by atoms with Crippen LogP contribution in [0.4, 0.5) is 0 Å². The number of hydrogen-bond acceptors (Lipinski definition) is 5. The largest absolute Gasteiger partial charge is 0.497 e. The number of hydrogen-bond donors (Lipinski definition) is 0. The van der Waals surface area contributed by atoms with Crippen molar-refractivity contribution in [1.29, 1.82) is 0 Å². The zero-order valence-corrected chi connectivity index (χ0v) is 16.9. The van der Waals surface area contributed by atoms with Crippen molar-refractivity contribution in [3.8, 4) is 5.75 Å². The fraction of sp³-hybridized carbons (Fsp3) is 0.318. The van der Waals surface area contributed by atoms with Gasteiger partial charge in [-0.2, -0.15) is 4.98 Å². The first-order chi connectivity index (χ1) is 14.1. The van der Waals surface area contributed by atoms with Crippen LogP contribution < -0.4 is 4.74 Å². The third-order valence-corrected chi connectivity index (χ3v) is 5.54. The molecule has 150 valence electrons. The maximum atomic E-state index is 12.4. The van der Waals surface area contributed by atoms with Crippen LogP contribution in [0.2, 0.25) is 5.02 Å². The first-order valence-electron chi connectivity index (χ1n) is 9.59. The van der Waals surface area contributed by atoms with Gasteiger partial charge in [-0.25, -0.2) is 0 Å². The van der Waals surface area contributed by atoms with Gasteiger partial charge in [0.2, 0.25) is 11.8 Å². The Morgan fingerprint density at radius 3 is 2.72 bits per heavy atom. The van der Waals surface area contributed by atoms with E-state index in [9.17, 15) is 4.79 Å². The van der Waals surface area contributed by atoms with Crippen LogP contribution in [-0.4, -0.2) is 34.6 Å². The molecule has 1 atom stereocenters. The number of amides is 1. The minimum Gasteiger partial charge on any atom is -0.497 e. The van der Waals surface area contributed by atoms with Gasteiger partial charge in [0.25, 0.3) is 0 Å². The van der Waals surface area contributed by atoms with Gasteiger partial charge in [-0.15, -0.1) is 0 Å². The summed E-state index contributed by atoms with van der Waals surface area (Å²) in [7, 11) is 1.65. The number of likely N-dealkylation sites (tertiary alicyclic amines) is 1. The normalized spacial score (nSPS) is 16.4. The highest BCUT2D eigenvalue weighted by Gasteiger charge is 2.33. The van der Waals surface area contributed by atoms with Crippen molar-refractivity contribution in [2.24, 2.45) is 0 Å². The standard InChI is InChI=1S/C22H22ClN3O3/c1-28-18-9-6-15(7-10-18)8-11-20-24-22(25-29-20)17-12-21(27)26(14-17)13-16-4-2-3-5-19(16)23/h2-7,9-10,17H,8,11-14H2,1H3. The minimum atomic E-state index is -0.0523. The maximum absolute atomic E-state index is 12.4. The molecular formula is C22H22ClN3O3. The quantitative estimate of drug-likeness (QED) is 0.587. The van der Waals surface area contributed by atoms with Gasteiger partial charge in [-0.05, 0) is 35.7 Å². The van der Waals surface area contributed by atoms with Crippen LogP contribution >= 0.6 is 11.6 Å². The Morgan fingerprint density at radius 1 is 1.17 bits per heavy atom. The lowest BCUT2D eigenvalue weighted by Crippen LogP contribution is -2.24. The summed E-state index contributed by atoms with van der Waals surface area (Å²) in [4.78, 5) is 18.8. The van der Waals surface area contributed by atoms with E-state index in [4.69, 9.17) is 20.9 Å². The van der Waals surface area contributed by atoms with E-state index in [0.29, 0.717) is 42.7 Å². The lowest BCUT2D eigenvalue weighted by atomic mass is 10.1. The maximum Gasteiger partial charge on any atom is 0.226 e. The van der Waals surface area contributed by atoms with Crippen LogP contribution in [-0.2, 0) is 24.2 Å². The van der Waals surface area contributed by atoms with Gasteiger partial charge in [0.15, 0.2) is 5.82 Å². The van der Waals surface area contributed by atoms with Gasteiger partial charge in [0.05, 0.1) is 7.11 Å². The summed E-state index contributed by atoms with van der Waals surface area (Å²) in [5, 5.41) is 4.79. The second kappa shape index (κ2) is 8.66. The van der Waals surface area contributed by atoms with Gasteiger partial charge < -0.3 is 14.2 Å². The lowest BCUT2D eigenvalue weighted by Gasteiger charge is -2.16. The Hall–Kier alpha value is -2.86. The summed E-state index contributed by atoms with van der Waals surface area (Å²) in [5.74, 6) is 2.06. The summed E-state index contributed by atoms with van der Waals surface area (Å²) >= 11 is 6.22. The number of benzene rings is 2. The molecule has 7 heteroatoms. The summed E-state index contributed by atoms with van der Waals surface area (Å²) in [6.45, 7) is 1.07. The average molecular weight is 412 g/mol. The van der Waals surface area contributed by atoms with E-state index in [1.165, 1.54) is 5.56 Å². The molecule has 6 nitrogen and oxygen atoms in total. The van der Waals surface area contributed by atoms with Gasteiger partial charge >= 0.3 is 0 Å². The van der Waals surface area contributed by atoms with Crippen LogP contribution in [0.3, 0.4) is 0 Å². The van der Waals surface area contributed by atoms with E-state index in [1.54, 1.807) is 12.0 Å². The Bertz CT molecular complexity index is 987. The Labute approximate surface area is 174 Å². The molecule has 1 unspecified atom stereocenters. The Morgan fingerprint density at radius 2 is 1.97 bits per heavy atom. The number of aromatic nitrogens is 2. The summed E-state index contributed by atoms with van der Waals surface area (Å²) in [6.07, 6.45) is 1.85. The third-order valence-electron chi connectivity index (χ3n) is 5.17. The lowest BCUT2D eigenvalue weighted by molar-refractivity contribution is -0.128. The van der Waals surface area contributed by atoms with Crippen molar-refractivity contribution < 1.29 is 14.1 Å². The molecule has 2 aromatic carbocycles. The number of carbonyl (C=O) groups is 1. The number of nitrogens with zero attached hydrogens (tertiary/aromatic N) is 3. The molecule has 1 aromatic heterocycles. The molecule has 1 fully saturated rings. The zero-order valence-electron chi connectivity index (χ0n) is 16.2. The van der Waals surface area contributed by atoms with E-state index in [1.807, 2.05) is 48.5 Å². The molecule has 1 amide bonds. The van der Waals surface area contributed by atoms with Gasteiger partial charge in [-0.3, -0.25) is 4.79 Å². The van der Waals surface area contributed by atoms with E-state index >= 15 is 0 Å². The second-order valence-electron chi connectivity index (χ2n) is 7.16. The fourth-order valence-electron chi connectivity index (χ4n) is 3.51. The van der Waals surface area contributed by atoms with Gasteiger partial charge in [0.1, 0.15) is 5.75 Å². The van der Waals surface area contributed by atoms with E-state index in [2.05, 4.69) is 10.1 Å². The average Bonchev–Trinajstić information content (AvgIpc) is 3.35. The number of halogens is 1. The molecule has 0 spiro atoms. The third kappa shape index (κ3) is 4.59. The van der Waals surface area contributed by atoms with Crippen molar-refractivity contribution in [2.45, 2.75) is 31.7 Å². The predicted octanol–water partition coefficient (Wildman–Crippen LogP) is 4.03. The molecule has 0 N–H and O–H groups in total. The van der Waals surface area contributed by atoms with Crippen LogP contribution in [0.15, 0.2) is 53.1 Å². The first-order valence-corrected chi connectivity index (χ1v) is 9.97. The van der Waals surface area contributed by atoms with E-state index < -0.39 is 0 Å². The fourth-order valence-corrected chi connectivity index (χ4v) is 3.70. The van der Waals surface area contributed by atoms with Crippen molar-refractivity contribution in [3.05, 3.63) is 76.4 Å². The predicted molar refractivity (Wildman–Crippen MR) is 109 cm³/mol. The van der Waals surface area contributed by atoms with Crippen molar-refractivity contribution >= 4 is 17.5 Å². The number of methoxy groups -OCH3 is 1. The van der Waals surface area contributed by atoms with E-state index in [-0.39, 0.29) is 11.8 Å². The summed E-state index contributed by atoms with van der Waals surface area (Å²) in [5.41, 5.74) is 2.11. The molecule has 2 heterocycles. The van der Waals surface area contributed by atoms with Gasteiger partial charge in [-0.1, -0.05) is 47.1 Å². The molecule has 3 aromatic rings. The SMILES string of the molecule is COc1ccc(CCc2nc(C3CC(=O)N(Cc4ccccc4Cl)C3)no2)cc1. The minimum absolute atomic E-state index is 0.0523. The molecule has 1 aliphatic heterocycles. The van der Waals surface area contributed by atoms with Crippen LogP contribution in [0.25, 0.3) is 0 Å². The molecule has 0 bridgehead atoms. The molecule has 1 saturated heterocycles. The summed E-state index contributed by atoms with van der Waals surface area (Å²) in [6, 6.07) is 15.5. The summed E-state index contributed by atoms with van der Waals surface area (Å²) < 4.78 is 10.6. The highest BCUT2D eigenvalue weighted by molar-refractivity contribution is 6.31. The Kier molecular flexibility index (Phi) is 5.81. The smallest absolute Gasteiger partial charge is 0.226 e. The van der Waals surface area contributed by atoms with Crippen molar-refractivity contribution in [3.63, 3.8) is 0 Å². The highest BCUT2D eigenvalue weighted by Crippen LogP contribution is 2.29. The molecule has 4 rings (SSSR count).